The molecule has 8 unspecified atom stereocenters. The lowest BCUT2D eigenvalue weighted by Crippen LogP contribution is -2.64. The highest BCUT2D eigenvalue weighted by Crippen LogP contribution is 2.31. The molecule has 31 heteroatoms. The molecule has 0 radical (unpaired) electrons. The number of phenolic OH excluding ortho intramolecular Hbond substituents is 1. The van der Waals surface area contributed by atoms with Gasteiger partial charge in [0, 0.05) is 112 Å². The van der Waals surface area contributed by atoms with E-state index in [1.54, 1.807) is 24.3 Å². The van der Waals surface area contributed by atoms with Gasteiger partial charge < -0.3 is 91.7 Å². The summed E-state index contributed by atoms with van der Waals surface area (Å²) < 4.78 is 16.7. The third-order valence-electron chi connectivity index (χ3n) is 17.1. The fourth-order valence-electron chi connectivity index (χ4n) is 12.1. The number of piperidine rings is 1. The number of rotatable bonds is 17. The number of β-amino-alcohol motifs (C(OH)–C–C–N with tert-alkyl or cyclic N) is 1. The second-order valence-electron chi connectivity index (χ2n) is 23.6. The number of hydrogen-bond donors (Lipinski definition) is 13. The molecule has 5 fully saturated rings. The van der Waals surface area contributed by atoms with Gasteiger partial charge in [-0.1, -0.05) is 29.3 Å². The largest absolute Gasteiger partial charge is 0.507 e. The molecule has 91 heavy (non-hydrogen) atoms. The number of carbonyl (C=O) groups excluding carboxylic acids is 7. The van der Waals surface area contributed by atoms with Gasteiger partial charge in [-0.25, -0.2) is 16.0 Å². The summed E-state index contributed by atoms with van der Waals surface area (Å²) in [4.78, 5) is 112. The van der Waals surface area contributed by atoms with Gasteiger partial charge in [-0.05, 0) is 98.2 Å². The van der Waals surface area contributed by atoms with Crippen LogP contribution in [0.1, 0.15) is 68.8 Å². The van der Waals surface area contributed by atoms with Crippen LogP contribution in [0.15, 0.2) is 71.6 Å². The zero-order valence-corrected chi connectivity index (χ0v) is 52.2. The molecule has 5 heterocycles. The predicted octanol–water partition coefficient (Wildman–Crippen LogP) is -1.86. The maximum Gasteiger partial charge on any atom is 0.251 e. The number of aliphatic hydroxyl groups excluding tert-OH is 6. The second kappa shape index (κ2) is 31.9. The van der Waals surface area contributed by atoms with Gasteiger partial charge in [-0.2, -0.15) is 11.8 Å². The first-order chi connectivity index (χ1) is 43.5. The van der Waals surface area contributed by atoms with Crippen molar-refractivity contribution >= 4 is 81.3 Å². The molecular formula is C60H81N11O18S2. The molecule has 5 aliphatic heterocycles. The molecule has 0 aliphatic carbocycles. The minimum absolute atomic E-state index is 0.00416. The van der Waals surface area contributed by atoms with E-state index in [2.05, 4.69) is 98.5 Å². The number of amides is 7. The first kappa shape index (κ1) is 69.7. The van der Waals surface area contributed by atoms with Crippen LogP contribution in [0.3, 0.4) is 0 Å². The third kappa shape index (κ3) is 17.3. The number of fused-ring (bicyclic) bond motifs is 2. The zero-order chi connectivity index (χ0) is 65.8. The van der Waals surface area contributed by atoms with Crippen molar-refractivity contribution in [2.75, 3.05) is 85.9 Å². The Balaban J connectivity index is 1.02. The lowest BCUT2D eigenvalue weighted by molar-refractivity contribution is -0.435. The Morgan fingerprint density at radius 2 is 1.33 bits per heavy atom. The first-order valence-corrected chi connectivity index (χ1v) is 32.4. The van der Waals surface area contributed by atoms with Crippen molar-refractivity contribution < 1.29 is 88.1 Å². The van der Waals surface area contributed by atoms with Crippen LogP contribution in [-0.4, -0.2) is 246 Å². The van der Waals surface area contributed by atoms with E-state index in [1.165, 1.54) is 43.7 Å². The summed E-state index contributed by atoms with van der Waals surface area (Å²) in [6.07, 6.45) is -8.89. The van der Waals surface area contributed by atoms with Crippen molar-refractivity contribution in [2.24, 2.45) is 5.92 Å². The van der Waals surface area contributed by atoms with E-state index >= 15 is 0 Å². The van der Waals surface area contributed by atoms with Gasteiger partial charge in [-0.3, -0.25) is 33.6 Å². The van der Waals surface area contributed by atoms with Crippen LogP contribution >= 0.6 is 11.8 Å². The van der Waals surface area contributed by atoms with Crippen molar-refractivity contribution in [2.45, 2.75) is 142 Å². The number of aliphatic hydroxyl groups is 6. The number of hydrogen-bond acceptors (Lipinski definition) is 22. The van der Waals surface area contributed by atoms with E-state index in [1.807, 2.05) is 0 Å². The molecule has 0 saturated carbocycles. The number of thioether (sulfide) groups is 1. The van der Waals surface area contributed by atoms with Gasteiger partial charge in [0.15, 0.2) is 6.10 Å². The fraction of sp³-hybridized carbons (Fsp3) is 0.567. The number of carbonyl (C=O) groups is 7. The van der Waals surface area contributed by atoms with Gasteiger partial charge in [0.2, 0.25) is 53.1 Å². The molecule has 3 aromatic rings. The number of piperazine rings is 1. The minimum atomic E-state index is -2.66. The van der Waals surface area contributed by atoms with Crippen LogP contribution in [0.4, 0.5) is 17.1 Å². The maximum atomic E-state index is 14.6. The smallest absolute Gasteiger partial charge is 0.251 e. The highest BCUT2D eigenvalue weighted by molar-refractivity contribution is 7.99. The van der Waals surface area contributed by atoms with E-state index in [9.17, 15) is 73.5 Å². The summed E-state index contributed by atoms with van der Waals surface area (Å²) in [5, 5.41) is 104. The Hall–Kier alpha value is -7.22. The quantitative estimate of drug-likeness (QED) is 0.0400. The molecular weight excluding hydrogens is 1230 g/mol. The SMILES string of the molecule is [C-]#[N+]C[C@@H](O)[C@@H]1NC(=O)C([C@H](O)Cc2ccc(O)c(S(=O)OOO)c2)NC(=O)C2CC(O)CN2C(=O)C(C(C)O)NC(=O)[C@@H](NC(=O)c2ccc(N3CCN(c4ccc(N5CCC(SCCC)CC5)cc4)CC3)cc2)C[C@H](O)CNC(=O)C2[C@@H](O)C(C)CN2C1=O. The van der Waals surface area contributed by atoms with Gasteiger partial charge in [0.05, 0.1) is 30.5 Å². The topological polar surface area (TPSA) is 398 Å². The van der Waals surface area contributed by atoms with Crippen molar-refractivity contribution in [3.05, 3.63) is 89.3 Å². The third-order valence-corrected chi connectivity index (χ3v) is 19.6. The molecule has 496 valence electrons. The summed E-state index contributed by atoms with van der Waals surface area (Å²) in [5.41, 5.74) is 3.25. The highest BCUT2D eigenvalue weighted by atomic mass is 32.2. The summed E-state index contributed by atoms with van der Waals surface area (Å²) in [6.45, 7) is 14.7. The van der Waals surface area contributed by atoms with Crippen LogP contribution in [-0.2, 0) is 55.6 Å². The average Bonchev–Trinajstić information content (AvgIpc) is 1.82. The van der Waals surface area contributed by atoms with E-state index in [0.29, 0.717) is 18.3 Å². The number of anilines is 3. The summed E-state index contributed by atoms with van der Waals surface area (Å²) >= 11 is -0.585. The minimum Gasteiger partial charge on any atom is -0.507 e. The number of benzene rings is 3. The molecule has 13 N–H and O–H groups in total. The Morgan fingerprint density at radius 1 is 0.747 bits per heavy atom. The Labute approximate surface area is 532 Å². The Morgan fingerprint density at radius 3 is 1.92 bits per heavy atom. The van der Waals surface area contributed by atoms with Crippen LogP contribution in [0, 0.1) is 12.5 Å². The van der Waals surface area contributed by atoms with Crippen molar-refractivity contribution in [1.29, 1.82) is 0 Å². The van der Waals surface area contributed by atoms with Crippen molar-refractivity contribution in [3.63, 3.8) is 0 Å². The summed E-state index contributed by atoms with van der Waals surface area (Å²) in [7, 11) is 0. The van der Waals surface area contributed by atoms with Crippen LogP contribution in [0.5, 0.6) is 5.75 Å². The first-order valence-electron chi connectivity index (χ1n) is 30.3. The zero-order valence-electron chi connectivity index (χ0n) is 50.6. The van der Waals surface area contributed by atoms with Crippen LogP contribution < -0.4 is 41.3 Å². The Bertz CT molecular complexity index is 3110. The van der Waals surface area contributed by atoms with E-state index in [-0.39, 0.29) is 17.7 Å². The molecule has 7 amide bonds. The molecule has 0 bridgehead atoms. The highest BCUT2D eigenvalue weighted by Gasteiger charge is 2.50. The lowest BCUT2D eigenvalue weighted by Gasteiger charge is -2.38. The maximum absolute atomic E-state index is 14.6. The van der Waals surface area contributed by atoms with Gasteiger partial charge in [0.1, 0.15) is 46.9 Å². The van der Waals surface area contributed by atoms with Crippen molar-refractivity contribution in [1.82, 2.24) is 36.4 Å². The molecule has 0 spiro atoms. The lowest BCUT2D eigenvalue weighted by atomic mass is 9.99. The second-order valence-corrected chi connectivity index (χ2v) is 26.1. The molecule has 5 saturated heterocycles. The van der Waals surface area contributed by atoms with Crippen LogP contribution in [0.2, 0.25) is 0 Å². The Kier molecular flexibility index (Phi) is 24.4. The molecule has 29 nitrogen and oxygen atoms in total. The number of phenols is 1. The number of nitrogens with one attached hydrogen (secondary N) is 5. The number of aromatic hydroxyl groups is 1. The molecule has 14 atom stereocenters. The average molecular weight is 1310 g/mol. The van der Waals surface area contributed by atoms with Gasteiger partial charge in [-0.15, -0.1) is 0 Å². The fourth-order valence-corrected chi connectivity index (χ4v) is 13.8. The van der Waals surface area contributed by atoms with Crippen LogP contribution in [0.25, 0.3) is 4.85 Å². The van der Waals surface area contributed by atoms with Crippen molar-refractivity contribution in [3.8, 4) is 5.75 Å². The number of nitrogens with zero attached hydrogens (tertiary/aromatic N) is 6. The van der Waals surface area contributed by atoms with E-state index < -0.39 is 181 Å². The molecule has 8 rings (SSSR count). The van der Waals surface area contributed by atoms with Gasteiger partial charge in [0.25, 0.3) is 5.91 Å². The van der Waals surface area contributed by atoms with Gasteiger partial charge >= 0.3 is 0 Å². The molecule has 3 aromatic carbocycles. The summed E-state index contributed by atoms with van der Waals surface area (Å²) in [5.74, 6) is -8.27. The monoisotopic (exact) mass is 1310 g/mol. The summed E-state index contributed by atoms with van der Waals surface area (Å²) in [6, 6.07) is 7.06. The normalized spacial score (nSPS) is 27.5. The molecule has 0 aromatic heterocycles. The van der Waals surface area contributed by atoms with E-state index in [0.717, 1.165) is 66.4 Å². The standard InChI is InChI=1S/C60H81N11O18S2/c1-5-24-90-42-16-18-67(19-17-42)38-11-13-39(14-12-38)69-22-20-68(21-23-69)37-9-7-36(8-10-37)54(79)63-43-27-40(73)29-62-58(83)52-53(78)33(2)31-71(52)60(85)51(47(77)30-61-4)66-57(82)50(46(76)25-35-6-15-45(75)48(26-35)91(87)89-88-86)65-56(81)44-28-41(74)32-70(44)59(84)49(34(3)72)64-55(43)80/h6-15,26,33-34,40-44,46-47,49-53,72-78,86H,5,16-25,27-32H2,1-3H3,(H,62,83)(H,63,79)(H,64,80)(H,65,81)(H,66,82)/t33?,34?,40-,41?,43-,44?,46+,47+,49?,50?,51-,52?,53-,91?/m0/s1. The van der Waals surface area contributed by atoms with E-state index in [4.69, 9.17) is 11.8 Å². The molecule has 5 aliphatic rings. The predicted molar refractivity (Wildman–Crippen MR) is 331 cm³/mol.